The molecule has 12 nitrogen and oxygen atoms in total. The predicted molar refractivity (Wildman–Crippen MR) is 174 cm³/mol. The summed E-state index contributed by atoms with van der Waals surface area (Å²) in [5.74, 6) is -2.91. The van der Waals surface area contributed by atoms with Gasteiger partial charge in [-0.2, -0.15) is 0 Å². The molecule has 1 amide bonds. The van der Waals surface area contributed by atoms with Gasteiger partial charge in [0.25, 0.3) is 20.0 Å². The summed E-state index contributed by atoms with van der Waals surface area (Å²) in [5.41, 5.74) is 1.14. The van der Waals surface area contributed by atoms with Crippen LogP contribution >= 0.6 is 0 Å². The number of carboxylic acid groups (broad SMARTS) is 2. The average Bonchev–Trinajstić information content (AvgIpc) is 2.98. The van der Waals surface area contributed by atoms with Gasteiger partial charge in [0, 0.05) is 23.4 Å². The molecule has 4 aromatic carbocycles. The van der Waals surface area contributed by atoms with E-state index in [4.69, 9.17) is 0 Å². The van der Waals surface area contributed by atoms with Crippen molar-refractivity contribution < 1.29 is 41.4 Å². The highest BCUT2D eigenvalue weighted by Gasteiger charge is 2.32. The smallest absolute Gasteiger partial charge is 0.324 e. The van der Waals surface area contributed by atoms with E-state index in [0.29, 0.717) is 15.9 Å². The Morgan fingerprint density at radius 1 is 0.674 bits per heavy atom. The number of benzene rings is 4. The van der Waals surface area contributed by atoms with E-state index in [1.807, 2.05) is 13.8 Å². The Balaban J connectivity index is 1.87. The van der Waals surface area contributed by atoms with E-state index in [0.717, 1.165) is 16.3 Å². The molecular weight excluding hydrogens is 634 g/mol. The van der Waals surface area contributed by atoms with Gasteiger partial charge in [-0.3, -0.25) is 23.0 Å². The number of aliphatic carboxylic acids is 2. The Morgan fingerprint density at radius 3 is 1.46 bits per heavy atom. The first kappa shape index (κ1) is 33.9. The van der Waals surface area contributed by atoms with Gasteiger partial charge in [-0.15, -0.1) is 0 Å². The van der Waals surface area contributed by atoms with E-state index >= 15 is 0 Å². The van der Waals surface area contributed by atoms with E-state index in [9.17, 15) is 41.4 Å². The maximum atomic E-state index is 13.9. The summed E-state index contributed by atoms with van der Waals surface area (Å²) < 4.78 is 56.9. The lowest BCUT2D eigenvalue weighted by Gasteiger charge is -2.28. The third-order valence-electron chi connectivity index (χ3n) is 6.89. The summed E-state index contributed by atoms with van der Waals surface area (Å²) in [6, 6.07) is 20.0. The van der Waals surface area contributed by atoms with Crippen molar-refractivity contribution in [2.24, 2.45) is 5.92 Å². The second-order valence-corrected chi connectivity index (χ2v) is 14.6. The molecule has 242 valence electrons. The summed E-state index contributed by atoms with van der Waals surface area (Å²) in [4.78, 5) is 34.9. The van der Waals surface area contributed by atoms with Crippen LogP contribution in [0, 0.1) is 5.92 Å². The second-order valence-electron chi connectivity index (χ2n) is 10.9. The quantitative estimate of drug-likeness (QED) is 0.184. The Bertz CT molecular complexity index is 1990. The monoisotopic (exact) mass is 667 g/mol. The molecule has 0 heterocycles. The van der Waals surface area contributed by atoms with Crippen molar-refractivity contribution in [2.45, 2.75) is 37.0 Å². The topological polar surface area (TPSA) is 178 Å². The van der Waals surface area contributed by atoms with Crippen LogP contribution in [-0.2, 0) is 40.9 Å². The van der Waals surface area contributed by atoms with E-state index in [2.05, 4.69) is 5.32 Å². The minimum Gasteiger partial charge on any atom is -0.480 e. The Labute approximate surface area is 267 Å². The Hall–Kier alpha value is -4.95. The van der Waals surface area contributed by atoms with Gasteiger partial charge in [0.05, 0.1) is 21.2 Å². The van der Waals surface area contributed by atoms with E-state index in [1.54, 1.807) is 24.3 Å². The maximum Gasteiger partial charge on any atom is 0.324 e. The zero-order chi connectivity index (χ0) is 33.8. The van der Waals surface area contributed by atoms with E-state index < -0.39 is 45.1 Å². The van der Waals surface area contributed by atoms with Gasteiger partial charge in [-0.25, -0.2) is 16.8 Å². The van der Waals surface area contributed by atoms with Gasteiger partial charge >= 0.3 is 11.9 Å². The minimum atomic E-state index is -4.51. The second kappa shape index (κ2) is 13.6. The summed E-state index contributed by atoms with van der Waals surface area (Å²) in [7, 11) is -8.93. The van der Waals surface area contributed by atoms with Gasteiger partial charge in [-0.05, 0) is 66.4 Å². The maximum absolute atomic E-state index is 13.9. The Kier molecular flexibility index (Phi) is 10.0. The summed E-state index contributed by atoms with van der Waals surface area (Å²) in [5, 5.41) is 22.3. The highest BCUT2D eigenvalue weighted by atomic mass is 32.2. The molecule has 0 spiro atoms. The average molecular weight is 668 g/mol. The van der Waals surface area contributed by atoms with E-state index in [-0.39, 0.29) is 37.8 Å². The van der Waals surface area contributed by atoms with Crippen molar-refractivity contribution in [1.82, 2.24) is 0 Å². The van der Waals surface area contributed by atoms with Gasteiger partial charge < -0.3 is 15.5 Å². The molecule has 4 rings (SSSR count). The lowest BCUT2D eigenvalue weighted by molar-refractivity contribution is -0.136. The number of nitrogens with one attached hydrogen (secondary N) is 1. The molecule has 0 fully saturated rings. The molecule has 0 aliphatic carbocycles. The van der Waals surface area contributed by atoms with Crippen molar-refractivity contribution in [2.75, 3.05) is 27.0 Å². The summed E-state index contributed by atoms with van der Waals surface area (Å²) >= 11 is 0. The number of fused-ring (bicyclic) bond motifs is 1. The fraction of sp³-hybridized carbons (Fsp3) is 0.219. The molecule has 0 atom stereocenters. The molecule has 0 saturated carbocycles. The molecule has 0 aromatic heterocycles. The highest BCUT2D eigenvalue weighted by molar-refractivity contribution is 7.93. The van der Waals surface area contributed by atoms with Crippen LogP contribution in [0.1, 0.15) is 26.3 Å². The standard InChI is InChI=1S/C32H33N3O9S2/c1-21(2)18-23-8-12-25(13-9-23)45(41,42)34(19-31(37)38)29-16-17-30(28-7-5-4-6-27(28)29)35(20-32(39)40)46(43,44)26-14-10-24(11-15-26)33-22(3)36/h4-17,21H,18-20H2,1-3H3,(H,33,36)(H,37,38)(H,39,40). The summed E-state index contributed by atoms with van der Waals surface area (Å²) in [6.07, 6.45) is 0.723. The van der Waals surface area contributed by atoms with Crippen molar-refractivity contribution in [3.63, 3.8) is 0 Å². The van der Waals surface area contributed by atoms with Crippen LogP contribution in [-0.4, -0.2) is 58.0 Å². The van der Waals surface area contributed by atoms with Crippen molar-refractivity contribution in [3.8, 4) is 0 Å². The molecule has 0 bridgehead atoms. The molecule has 0 aliphatic heterocycles. The predicted octanol–water partition coefficient (Wildman–Crippen LogP) is 4.56. The normalized spacial score (nSPS) is 11.7. The number of hydrogen-bond donors (Lipinski definition) is 3. The lowest BCUT2D eigenvalue weighted by atomic mass is 10.0. The molecule has 0 unspecified atom stereocenters. The fourth-order valence-electron chi connectivity index (χ4n) is 4.98. The number of rotatable bonds is 13. The summed E-state index contributed by atoms with van der Waals surface area (Å²) in [6.45, 7) is 3.44. The van der Waals surface area contributed by atoms with Crippen LogP contribution < -0.4 is 13.9 Å². The first-order valence-corrected chi connectivity index (χ1v) is 17.0. The zero-order valence-electron chi connectivity index (χ0n) is 25.2. The molecule has 0 radical (unpaired) electrons. The molecule has 0 saturated heterocycles. The molecular formula is C32H33N3O9S2. The van der Waals surface area contributed by atoms with Crippen LogP contribution in [0.4, 0.5) is 17.1 Å². The SMILES string of the molecule is CC(=O)Nc1ccc(S(=O)(=O)N(CC(=O)O)c2ccc(N(CC(=O)O)S(=O)(=O)c3ccc(CC(C)C)cc3)c3ccccc23)cc1. The van der Waals surface area contributed by atoms with Gasteiger partial charge in [0.2, 0.25) is 5.91 Å². The van der Waals surface area contributed by atoms with E-state index in [1.165, 1.54) is 67.6 Å². The first-order valence-electron chi connectivity index (χ1n) is 14.1. The molecule has 3 N–H and O–H groups in total. The molecule has 46 heavy (non-hydrogen) atoms. The third-order valence-corrected chi connectivity index (χ3v) is 10.4. The largest absolute Gasteiger partial charge is 0.480 e. The number of carboxylic acids is 2. The lowest BCUT2D eigenvalue weighted by Crippen LogP contribution is -2.37. The van der Waals surface area contributed by atoms with Crippen LogP contribution in [0.2, 0.25) is 0 Å². The first-order chi connectivity index (χ1) is 21.6. The van der Waals surface area contributed by atoms with Crippen LogP contribution in [0.3, 0.4) is 0 Å². The van der Waals surface area contributed by atoms with Gasteiger partial charge in [0.1, 0.15) is 13.1 Å². The Morgan fingerprint density at radius 2 is 1.09 bits per heavy atom. The number of carbonyl (C=O) groups excluding carboxylic acids is 1. The molecule has 4 aromatic rings. The number of anilines is 3. The number of carbonyl (C=O) groups is 3. The fourth-order valence-corrected chi connectivity index (χ4v) is 7.85. The third kappa shape index (κ3) is 7.46. The number of hydrogen-bond acceptors (Lipinski definition) is 7. The molecule has 14 heteroatoms. The van der Waals surface area contributed by atoms with Crippen molar-refractivity contribution in [3.05, 3.63) is 90.5 Å². The van der Waals surface area contributed by atoms with Crippen LogP contribution in [0.25, 0.3) is 10.8 Å². The minimum absolute atomic E-state index is 0.0414. The zero-order valence-corrected chi connectivity index (χ0v) is 26.9. The van der Waals surface area contributed by atoms with Crippen molar-refractivity contribution in [1.29, 1.82) is 0 Å². The van der Waals surface area contributed by atoms with Crippen LogP contribution in [0.15, 0.2) is 94.7 Å². The highest BCUT2D eigenvalue weighted by Crippen LogP contribution is 2.38. The van der Waals surface area contributed by atoms with Gasteiger partial charge in [0.15, 0.2) is 0 Å². The number of sulfonamides is 2. The van der Waals surface area contributed by atoms with Crippen LogP contribution in [0.5, 0.6) is 0 Å². The van der Waals surface area contributed by atoms with Gasteiger partial charge in [-0.1, -0.05) is 50.2 Å². The van der Waals surface area contributed by atoms with Crippen molar-refractivity contribution >= 4 is 65.7 Å². The number of nitrogens with zero attached hydrogens (tertiary/aromatic N) is 2. The number of amides is 1. The molecule has 0 aliphatic rings.